The van der Waals surface area contributed by atoms with Crippen molar-refractivity contribution in [3.05, 3.63) is 83.5 Å². The zero-order valence-corrected chi connectivity index (χ0v) is 13.7. The van der Waals surface area contributed by atoms with Crippen LogP contribution in [0.2, 0.25) is 0 Å². The van der Waals surface area contributed by atoms with Crippen molar-refractivity contribution in [1.82, 2.24) is 15.5 Å². The Morgan fingerprint density at radius 2 is 1.54 bits per heavy atom. The van der Waals surface area contributed by atoms with Crippen LogP contribution < -0.4 is 5.32 Å². The van der Waals surface area contributed by atoms with E-state index in [2.05, 4.69) is 70.9 Å². The van der Waals surface area contributed by atoms with Gasteiger partial charge in [-0.3, -0.25) is 5.32 Å². The molecule has 4 rings (SSSR count). The molecule has 1 unspecified atom stereocenters. The maximum absolute atomic E-state index is 5.48. The van der Waals surface area contributed by atoms with Crippen molar-refractivity contribution in [2.24, 2.45) is 0 Å². The van der Waals surface area contributed by atoms with Gasteiger partial charge in [-0.2, -0.15) is 4.98 Å². The largest absolute Gasteiger partial charge is 0.338 e. The molecule has 1 aromatic heterocycles. The summed E-state index contributed by atoms with van der Waals surface area (Å²) in [6.45, 7) is 2.07. The molecule has 0 saturated heterocycles. The van der Waals surface area contributed by atoms with Crippen molar-refractivity contribution in [2.45, 2.75) is 37.8 Å². The predicted molar refractivity (Wildman–Crippen MR) is 92.6 cm³/mol. The zero-order chi connectivity index (χ0) is 16.4. The Hall–Kier alpha value is -2.46. The molecule has 0 bridgehead atoms. The van der Waals surface area contributed by atoms with Crippen LogP contribution in [0.4, 0.5) is 0 Å². The first-order valence-electron chi connectivity index (χ1n) is 8.50. The van der Waals surface area contributed by atoms with Crippen LogP contribution in [0.25, 0.3) is 0 Å². The van der Waals surface area contributed by atoms with E-state index in [1.807, 2.05) is 12.1 Å². The first-order chi connectivity index (χ1) is 11.8. The summed E-state index contributed by atoms with van der Waals surface area (Å²) < 4.78 is 5.48. The molecule has 2 aromatic carbocycles. The number of nitrogens with one attached hydrogen (secondary N) is 1. The van der Waals surface area contributed by atoms with Gasteiger partial charge >= 0.3 is 0 Å². The van der Waals surface area contributed by atoms with Crippen LogP contribution in [0.5, 0.6) is 0 Å². The first kappa shape index (κ1) is 15.1. The lowest BCUT2D eigenvalue weighted by Gasteiger charge is -2.22. The first-order valence-corrected chi connectivity index (χ1v) is 8.50. The Bertz CT molecular complexity index is 741. The lowest BCUT2D eigenvalue weighted by atomic mass is 9.98. The highest BCUT2D eigenvalue weighted by Crippen LogP contribution is 2.38. The molecule has 1 aliphatic carbocycles. The molecule has 0 radical (unpaired) electrons. The van der Waals surface area contributed by atoms with Crippen molar-refractivity contribution in [3.8, 4) is 0 Å². The van der Waals surface area contributed by atoms with Gasteiger partial charge in [0, 0.05) is 5.92 Å². The molecule has 24 heavy (non-hydrogen) atoms. The summed E-state index contributed by atoms with van der Waals surface area (Å²) in [5, 5.41) is 7.77. The Kier molecular flexibility index (Phi) is 4.13. The summed E-state index contributed by atoms with van der Waals surface area (Å²) in [5.74, 6) is 2.03. The molecule has 3 aromatic rings. The summed E-state index contributed by atoms with van der Waals surface area (Å²) in [5.41, 5.74) is 2.44. The smallest absolute Gasteiger partial charge is 0.243 e. The quantitative estimate of drug-likeness (QED) is 0.732. The average Bonchev–Trinajstić information content (AvgIpc) is 3.38. The van der Waals surface area contributed by atoms with Crippen molar-refractivity contribution in [1.29, 1.82) is 0 Å². The molecule has 4 heteroatoms. The van der Waals surface area contributed by atoms with Crippen LogP contribution in [0.15, 0.2) is 65.2 Å². The van der Waals surface area contributed by atoms with Crippen molar-refractivity contribution < 1.29 is 4.52 Å². The standard InChI is InChI=1S/C20H21N3O/c1-14(20-22-19(23-24-20)17-12-13-17)21-18(15-8-4-2-5-9-15)16-10-6-3-7-11-16/h2-11,14,17-18,21H,12-13H2,1H3. The van der Waals surface area contributed by atoms with Gasteiger partial charge in [0.1, 0.15) is 0 Å². The molecule has 1 N–H and O–H groups in total. The molecule has 0 aliphatic heterocycles. The molecule has 1 fully saturated rings. The maximum Gasteiger partial charge on any atom is 0.243 e. The van der Waals surface area contributed by atoms with Gasteiger partial charge in [-0.05, 0) is 30.9 Å². The van der Waals surface area contributed by atoms with E-state index >= 15 is 0 Å². The summed E-state index contributed by atoms with van der Waals surface area (Å²) >= 11 is 0. The monoisotopic (exact) mass is 319 g/mol. The lowest BCUT2D eigenvalue weighted by molar-refractivity contribution is 0.328. The fourth-order valence-corrected chi connectivity index (χ4v) is 2.93. The summed E-state index contributed by atoms with van der Waals surface area (Å²) in [4.78, 5) is 4.57. The Morgan fingerprint density at radius 3 is 2.08 bits per heavy atom. The highest BCUT2D eigenvalue weighted by Gasteiger charge is 2.30. The third-order valence-electron chi connectivity index (χ3n) is 4.45. The normalized spacial score (nSPS) is 15.6. The minimum Gasteiger partial charge on any atom is -0.338 e. The summed E-state index contributed by atoms with van der Waals surface area (Å²) in [6, 6.07) is 21.0. The number of hydrogen-bond acceptors (Lipinski definition) is 4. The van der Waals surface area contributed by atoms with Gasteiger partial charge in [0.05, 0.1) is 12.1 Å². The number of aromatic nitrogens is 2. The van der Waals surface area contributed by atoms with Gasteiger partial charge in [-0.15, -0.1) is 0 Å². The fraction of sp³-hybridized carbons (Fsp3) is 0.300. The van der Waals surface area contributed by atoms with E-state index in [-0.39, 0.29) is 12.1 Å². The Balaban J connectivity index is 1.58. The van der Waals surface area contributed by atoms with E-state index < -0.39 is 0 Å². The number of benzene rings is 2. The summed E-state index contributed by atoms with van der Waals surface area (Å²) in [7, 11) is 0. The topological polar surface area (TPSA) is 51.0 Å². The van der Waals surface area contributed by atoms with Gasteiger partial charge < -0.3 is 4.52 Å². The summed E-state index contributed by atoms with van der Waals surface area (Å²) in [6.07, 6.45) is 2.36. The highest BCUT2D eigenvalue weighted by molar-refractivity contribution is 5.31. The van der Waals surface area contributed by atoms with Gasteiger partial charge in [0.25, 0.3) is 0 Å². The van der Waals surface area contributed by atoms with Gasteiger partial charge in [0.15, 0.2) is 5.82 Å². The second-order valence-electron chi connectivity index (χ2n) is 6.41. The molecule has 1 atom stereocenters. The molecule has 1 saturated carbocycles. The van der Waals surface area contributed by atoms with Gasteiger partial charge in [-0.1, -0.05) is 65.8 Å². The molecule has 122 valence electrons. The van der Waals surface area contributed by atoms with E-state index in [4.69, 9.17) is 4.52 Å². The average molecular weight is 319 g/mol. The van der Waals surface area contributed by atoms with E-state index in [1.54, 1.807) is 0 Å². The molecule has 4 nitrogen and oxygen atoms in total. The minimum atomic E-state index is -0.0181. The van der Waals surface area contributed by atoms with Gasteiger partial charge in [-0.25, -0.2) is 0 Å². The zero-order valence-electron chi connectivity index (χ0n) is 13.7. The SMILES string of the molecule is CC(NC(c1ccccc1)c1ccccc1)c1nc(C2CC2)no1. The maximum atomic E-state index is 5.48. The van der Waals surface area contributed by atoms with Crippen molar-refractivity contribution >= 4 is 0 Å². The molecular formula is C20H21N3O. The lowest BCUT2D eigenvalue weighted by Crippen LogP contribution is -2.25. The van der Waals surface area contributed by atoms with E-state index in [0.29, 0.717) is 11.8 Å². The van der Waals surface area contributed by atoms with Gasteiger partial charge in [0.2, 0.25) is 5.89 Å². The Labute approximate surface area is 141 Å². The molecular weight excluding hydrogens is 298 g/mol. The second kappa shape index (κ2) is 6.57. The minimum absolute atomic E-state index is 0.0181. The third kappa shape index (κ3) is 3.24. The second-order valence-corrected chi connectivity index (χ2v) is 6.41. The van der Waals surface area contributed by atoms with Crippen LogP contribution in [0, 0.1) is 0 Å². The predicted octanol–water partition coefficient (Wildman–Crippen LogP) is 4.39. The van der Waals surface area contributed by atoms with E-state index in [0.717, 1.165) is 5.82 Å². The highest BCUT2D eigenvalue weighted by atomic mass is 16.5. The molecule has 1 heterocycles. The van der Waals surface area contributed by atoms with Crippen molar-refractivity contribution in [2.75, 3.05) is 0 Å². The van der Waals surface area contributed by atoms with Crippen molar-refractivity contribution in [3.63, 3.8) is 0 Å². The van der Waals surface area contributed by atoms with Crippen LogP contribution in [-0.4, -0.2) is 10.1 Å². The third-order valence-corrected chi connectivity index (χ3v) is 4.45. The molecule has 0 spiro atoms. The van der Waals surface area contributed by atoms with E-state index in [9.17, 15) is 0 Å². The number of hydrogen-bond donors (Lipinski definition) is 1. The van der Waals surface area contributed by atoms with Crippen LogP contribution in [0.3, 0.4) is 0 Å². The van der Waals surface area contributed by atoms with E-state index in [1.165, 1.54) is 24.0 Å². The number of nitrogens with zero attached hydrogens (tertiary/aromatic N) is 2. The van der Waals surface area contributed by atoms with Crippen LogP contribution in [-0.2, 0) is 0 Å². The fourth-order valence-electron chi connectivity index (χ4n) is 2.93. The van der Waals surface area contributed by atoms with Crippen LogP contribution >= 0.6 is 0 Å². The van der Waals surface area contributed by atoms with Crippen LogP contribution in [0.1, 0.15) is 60.6 Å². The number of rotatable bonds is 6. The molecule has 1 aliphatic rings. The Morgan fingerprint density at radius 1 is 0.958 bits per heavy atom. The molecule has 0 amide bonds.